The summed E-state index contributed by atoms with van der Waals surface area (Å²) in [6.07, 6.45) is 7.78. The summed E-state index contributed by atoms with van der Waals surface area (Å²) in [5.41, 5.74) is 0.0948. The van der Waals surface area contributed by atoms with E-state index in [2.05, 4.69) is 11.1 Å². The Morgan fingerprint density at radius 1 is 0.649 bits per heavy atom. The van der Waals surface area contributed by atoms with Crippen molar-refractivity contribution in [3.63, 3.8) is 0 Å². The summed E-state index contributed by atoms with van der Waals surface area (Å²) in [4.78, 5) is 26.7. The van der Waals surface area contributed by atoms with Gasteiger partial charge in [-0.15, -0.1) is 0 Å². The Hall–Kier alpha value is -3.52. The average molecular weight is 1050 g/mol. The zero-order chi connectivity index (χ0) is 55.2. The van der Waals surface area contributed by atoms with E-state index in [9.17, 15) is 76.0 Å². The van der Waals surface area contributed by atoms with Crippen molar-refractivity contribution >= 4 is 11.9 Å². The maximum atomic E-state index is 14.1. The van der Waals surface area contributed by atoms with Crippen LogP contribution in [0.25, 0.3) is 0 Å². The van der Waals surface area contributed by atoms with Gasteiger partial charge in [0.05, 0.1) is 86.3 Å². The molecule has 2 fully saturated rings. The number of ether oxygens (including phenoxy) is 3. The van der Waals surface area contributed by atoms with Crippen LogP contribution in [0.4, 0.5) is 0 Å². The Morgan fingerprint density at radius 3 is 1.78 bits per heavy atom. The van der Waals surface area contributed by atoms with E-state index < -0.39 is 160 Å². The Labute approximate surface area is 435 Å². The van der Waals surface area contributed by atoms with E-state index in [0.29, 0.717) is 6.42 Å². The number of quaternary nitrogens is 1. The van der Waals surface area contributed by atoms with Crippen molar-refractivity contribution in [1.82, 2.24) is 5.32 Å². The van der Waals surface area contributed by atoms with Crippen LogP contribution in [0.3, 0.4) is 0 Å². The molecule has 1 saturated heterocycles. The molecule has 1 amide bonds. The van der Waals surface area contributed by atoms with Gasteiger partial charge in [-0.05, 0) is 70.6 Å². The van der Waals surface area contributed by atoms with E-state index >= 15 is 0 Å². The number of nitrogens with one attached hydrogen (secondary N) is 1. The number of fused-ring (bicyclic) bond motifs is 2. The van der Waals surface area contributed by atoms with Crippen LogP contribution in [0.2, 0.25) is 0 Å². The van der Waals surface area contributed by atoms with Crippen LogP contribution in [-0.4, -0.2) is 195 Å². The minimum absolute atomic E-state index is 0.00539. The summed E-state index contributed by atoms with van der Waals surface area (Å²) in [7, 11) is 0. The van der Waals surface area contributed by atoms with Gasteiger partial charge in [-0.3, -0.25) is 9.59 Å². The fraction of sp³-hybridized carbons (Fsp3) is 0.704. The van der Waals surface area contributed by atoms with Crippen molar-refractivity contribution in [2.24, 2.45) is 23.7 Å². The van der Waals surface area contributed by atoms with Crippen LogP contribution in [-0.2, 0) is 23.8 Å². The Bertz CT molecular complexity index is 1860. The minimum Gasteiger partial charge on any atom is -0.462 e. The largest absolute Gasteiger partial charge is 0.462 e. The molecule has 2 bridgehead atoms. The molecule has 3 rings (SSSR count). The van der Waals surface area contributed by atoms with Gasteiger partial charge in [0.1, 0.15) is 23.8 Å². The molecule has 0 aromatic carbocycles. The molecule has 0 aromatic rings. The van der Waals surface area contributed by atoms with Gasteiger partial charge < -0.3 is 91.6 Å². The van der Waals surface area contributed by atoms with E-state index in [4.69, 9.17) is 14.2 Å². The van der Waals surface area contributed by atoms with Gasteiger partial charge in [0, 0.05) is 31.6 Å². The Balaban J connectivity index is 1.95. The number of esters is 1. The zero-order valence-electron chi connectivity index (χ0n) is 43.4. The molecule has 422 valence electrons. The lowest BCUT2D eigenvalue weighted by Crippen LogP contribution is -2.78. The summed E-state index contributed by atoms with van der Waals surface area (Å²) in [5, 5.41) is 143. The molecule has 3 aliphatic rings. The van der Waals surface area contributed by atoms with Gasteiger partial charge in [-0.25, -0.2) is 0 Å². The molecular formula is C54H89N2O18+. The molecule has 17 N–H and O–H groups in total. The third-order valence-corrected chi connectivity index (χ3v) is 14.5. The third kappa shape index (κ3) is 21.5. The van der Waals surface area contributed by atoms with Crippen molar-refractivity contribution in [2.75, 3.05) is 19.8 Å². The lowest BCUT2D eigenvalue weighted by Gasteiger charge is -2.46. The summed E-state index contributed by atoms with van der Waals surface area (Å²) < 4.78 is 17.7. The molecule has 1 aliphatic carbocycles. The summed E-state index contributed by atoms with van der Waals surface area (Å²) in [6.45, 7) is 4.49. The highest BCUT2D eigenvalue weighted by molar-refractivity contribution is 5.80. The van der Waals surface area contributed by atoms with Gasteiger partial charge in [0.2, 0.25) is 5.91 Å². The van der Waals surface area contributed by atoms with Crippen LogP contribution in [0.5, 0.6) is 0 Å². The second kappa shape index (κ2) is 32.3. The summed E-state index contributed by atoms with van der Waals surface area (Å²) in [6, 6.07) is -0.917. The van der Waals surface area contributed by atoms with Crippen molar-refractivity contribution in [3.8, 4) is 0 Å². The molecule has 2 heterocycles. The highest BCUT2D eigenvalue weighted by Gasteiger charge is 2.51. The van der Waals surface area contributed by atoms with Gasteiger partial charge in [-0.2, -0.15) is 0 Å². The van der Waals surface area contributed by atoms with Crippen LogP contribution in [0, 0.1) is 23.7 Å². The Morgan fingerprint density at radius 2 is 1.20 bits per heavy atom. The number of carbonyl (C=O) groups is 2. The van der Waals surface area contributed by atoms with Crippen LogP contribution >= 0.6 is 0 Å². The molecule has 2 aliphatic heterocycles. The van der Waals surface area contributed by atoms with Gasteiger partial charge >= 0.3 is 5.97 Å². The molecule has 2 unspecified atom stereocenters. The average Bonchev–Trinajstić information content (AvgIpc) is 3.34. The van der Waals surface area contributed by atoms with Gasteiger partial charge in [-0.1, -0.05) is 98.9 Å². The number of cyclic esters (lactones) is 1. The van der Waals surface area contributed by atoms with Gasteiger partial charge in [0.15, 0.2) is 12.4 Å². The highest BCUT2D eigenvalue weighted by atomic mass is 16.7. The number of hydrogen-bond acceptors (Lipinski definition) is 18. The number of amides is 1. The first kappa shape index (κ1) is 64.8. The quantitative estimate of drug-likeness (QED) is 0.139. The second-order valence-corrected chi connectivity index (χ2v) is 20.9. The van der Waals surface area contributed by atoms with E-state index in [1.807, 2.05) is 56.4 Å². The molecule has 0 radical (unpaired) electrons. The fourth-order valence-electron chi connectivity index (χ4n) is 9.53. The Kier molecular flexibility index (Phi) is 28.2. The first-order valence-corrected chi connectivity index (χ1v) is 26.0. The maximum absolute atomic E-state index is 14.1. The SMILES string of the molecule is C[C@@H]1C[C@H](O)[C@@H](C)/C=C/C=C/C=C/C=C/C=C/C=C/C=C/C(O[C@@H]2O[C@H](C)[C@@H](O)[C@H]([NH3+])[C@H]2O)CC2C[C@](O)(C[C@@H](O)C[C@@H](O)[C@H](O)CC[C@@H](O)C[C@@H](O)CCC(=O)O[C@H]1C)C[C@H](O)[C@H]2C(=O)NC(CO)(CO)CO. The van der Waals surface area contributed by atoms with E-state index in [1.54, 1.807) is 56.4 Å². The standard InChI is InChI=1S/C54H88N2O18/c1-33-17-15-13-11-9-7-5-6-8-10-12-14-16-18-41(74-52-50(69)48(55)49(68)36(4)73-52)24-37-27-54(71,29-45(66)47(37)51(70)56-53(30-57,31-58)32-59)28-40(62)26-44(65)42(63)21-19-38(60)25-39(61)20-22-46(67)72-35(3)34(2)23-43(33)64/h5-18,33-45,47-50,52,57-66,68-69,71H,19-32,55H2,1-4H3,(H,56,70)/p+1/b6-5+,9-7+,10-8+,13-11+,14-12+,17-15+,18-16+/t33-,34+,35-,36+,37?,38+,39-,40-,41?,42+,43-,44+,45-,47-,48-,49+,50+,52-,54-/m0/s1. The number of hydrogen-bond donors (Lipinski definition) is 15. The molecule has 19 atom stereocenters. The van der Waals surface area contributed by atoms with Crippen molar-refractivity contribution in [2.45, 2.75) is 195 Å². The van der Waals surface area contributed by atoms with E-state index in [0.717, 1.165) is 0 Å². The molecular weight excluding hydrogens is 965 g/mol. The number of allylic oxidation sites excluding steroid dienone is 12. The van der Waals surface area contributed by atoms with Crippen LogP contribution < -0.4 is 11.1 Å². The van der Waals surface area contributed by atoms with Crippen molar-refractivity contribution in [3.05, 3.63) is 85.1 Å². The predicted octanol–water partition coefficient (Wildman–Crippen LogP) is -0.814. The third-order valence-electron chi connectivity index (χ3n) is 14.5. The lowest BCUT2D eigenvalue weighted by molar-refractivity contribution is -0.488. The highest BCUT2D eigenvalue weighted by Crippen LogP contribution is 2.43. The number of rotatable bonds is 7. The molecule has 20 heteroatoms. The topological polar surface area (TPSA) is 364 Å². The predicted molar refractivity (Wildman–Crippen MR) is 273 cm³/mol. The summed E-state index contributed by atoms with van der Waals surface area (Å²) in [5.74, 6) is -4.16. The maximum Gasteiger partial charge on any atom is 0.306 e. The lowest BCUT2D eigenvalue weighted by atomic mass is 9.66. The fourth-order valence-corrected chi connectivity index (χ4v) is 9.53. The number of aliphatic hydroxyl groups excluding tert-OH is 12. The monoisotopic (exact) mass is 1050 g/mol. The molecule has 1 saturated carbocycles. The van der Waals surface area contributed by atoms with Crippen molar-refractivity contribution in [1.29, 1.82) is 0 Å². The van der Waals surface area contributed by atoms with Crippen LogP contribution in [0.15, 0.2) is 85.1 Å². The number of carbonyl (C=O) groups excluding carboxylic acids is 2. The number of aliphatic hydroxyl groups is 13. The smallest absolute Gasteiger partial charge is 0.306 e. The van der Waals surface area contributed by atoms with E-state index in [-0.39, 0.29) is 56.8 Å². The minimum atomic E-state index is -1.90. The molecule has 20 nitrogen and oxygen atoms in total. The summed E-state index contributed by atoms with van der Waals surface area (Å²) >= 11 is 0. The molecule has 0 spiro atoms. The van der Waals surface area contributed by atoms with E-state index in [1.165, 1.54) is 0 Å². The normalized spacial score (nSPS) is 41.9. The zero-order valence-corrected chi connectivity index (χ0v) is 43.4. The van der Waals surface area contributed by atoms with Gasteiger partial charge in [0.25, 0.3) is 0 Å². The second-order valence-electron chi connectivity index (χ2n) is 20.9. The molecule has 0 aromatic heterocycles. The first-order chi connectivity index (χ1) is 35.0. The van der Waals surface area contributed by atoms with Crippen LogP contribution in [0.1, 0.15) is 98.3 Å². The van der Waals surface area contributed by atoms with Crippen molar-refractivity contribution < 1.29 is 95.9 Å². The molecule has 74 heavy (non-hydrogen) atoms. The first-order valence-electron chi connectivity index (χ1n) is 26.0.